The highest BCUT2D eigenvalue weighted by Gasteiger charge is 2.43. The summed E-state index contributed by atoms with van der Waals surface area (Å²) in [6.07, 6.45) is -5.04. The van der Waals surface area contributed by atoms with Crippen molar-refractivity contribution < 1.29 is 38.2 Å². The number of aliphatic hydroxyl groups excluding tert-OH is 2. The van der Waals surface area contributed by atoms with Gasteiger partial charge >= 0.3 is 13.5 Å². The Bertz CT molecular complexity index is 1650. The smallest absolute Gasteiger partial charge is 0.394 e. The number of H-pyrrole nitrogens is 2. The van der Waals surface area contributed by atoms with Crippen molar-refractivity contribution in [3.63, 3.8) is 0 Å². The molecule has 2 saturated heterocycles. The summed E-state index contributed by atoms with van der Waals surface area (Å²) in [5, 5.41) is 20.2. The number of nitrogen functional groups attached to an aromatic ring is 1. The Morgan fingerprint density at radius 2 is 1.85 bits per heavy atom. The van der Waals surface area contributed by atoms with E-state index in [2.05, 4.69) is 19.9 Å². The number of aliphatic hydroxyl groups is 2. The average molecular weight is 585 g/mol. The predicted octanol–water partition coefficient (Wildman–Crippen LogP) is -1.70. The molecule has 0 amide bonds. The van der Waals surface area contributed by atoms with Crippen LogP contribution in [0.25, 0.3) is 11.2 Å². The standard InChI is InChI=1S/C21H28N7O11P/c1-8-5-27(21(33)26-18(8)31)14-4-11(12(6-29)37-14)39-40(34,35)36-7-13-10(30)3-15(38-13)28-9(2)23-16-17(28)24-20(22)25-19(16)32/h5,10-15,29-30H,3-4,6-7H2,1-2H3,(H,34,35)(H,26,31,33)(H3,22,24,25,32)/t10-,11-,12+,13+,14+,15+/m0/s1. The quantitative estimate of drug-likeness (QED) is 0.161. The van der Waals surface area contributed by atoms with Crippen LogP contribution in [0.2, 0.25) is 0 Å². The molecule has 18 nitrogen and oxygen atoms in total. The Kier molecular flexibility index (Phi) is 7.53. The van der Waals surface area contributed by atoms with Gasteiger partial charge in [-0.25, -0.2) is 14.3 Å². The molecule has 0 radical (unpaired) electrons. The zero-order chi connectivity index (χ0) is 28.9. The van der Waals surface area contributed by atoms with Gasteiger partial charge in [0, 0.05) is 24.6 Å². The maximum Gasteiger partial charge on any atom is 0.472 e. The number of phosphoric ester groups is 1. The molecular formula is C21H28N7O11P. The number of fused-ring (bicyclic) bond motifs is 1. The van der Waals surface area contributed by atoms with Gasteiger partial charge in [-0.05, 0) is 13.8 Å². The van der Waals surface area contributed by atoms with Crippen molar-refractivity contribution in [1.82, 2.24) is 29.1 Å². The summed E-state index contributed by atoms with van der Waals surface area (Å²) in [6.45, 7) is 1.96. The average Bonchev–Trinajstić information content (AvgIpc) is 3.54. The first-order chi connectivity index (χ1) is 18.9. The second kappa shape index (κ2) is 10.6. The Labute approximate surface area is 223 Å². The van der Waals surface area contributed by atoms with E-state index in [1.165, 1.54) is 17.7 Å². The first-order valence-electron chi connectivity index (χ1n) is 12.2. The molecule has 7 N–H and O–H groups in total. The highest BCUT2D eigenvalue weighted by atomic mass is 31.2. The molecule has 5 rings (SSSR count). The molecule has 0 bridgehead atoms. The van der Waals surface area contributed by atoms with Crippen molar-refractivity contribution in [1.29, 1.82) is 0 Å². The summed E-state index contributed by atoms with van der Waals surface area (Å²) in [4.78, 5) is 59.2. The van der Waals surface area contributed by atoms with Gasteiger partial charge in [0.1, 0.15) is 36.6 Å². The van der Waals surface area contributed by atoms with Crippen molar-refractivity contribution in [2.75, 3.05) is 18.9 Å². The van der Waals surface area contributed by atoms with Crippen molar-refractivity contribution in [2.45, 2.75) is 63.6 Å². The molecule has 2 fully saturated rings. The number of imidazole rings is 1. The Balaban J connectivity index is 1.24. The first-order valence-corrected chi connectivity index (χ1v) is 13.7. The summed E-state index contributed by atoms with van der Waals surface area (Å²) in [7, 11) is -4.78. The van der Waals surface area contributed by atoms with Crippen molar-refractivity contribution in [3.8, 4) is 0 Å². The molecule has 7 atom stereocenters. The van der Waals surface area contributed by atoms with E-state index in [1.807, 2.05) is 0 Å². The van der Waals surface area contributed by atoms with Crippen LogP contribution in [0.4, 0.5) is 5.95 Å². The zero-order valence-electron chi connectivity index (χ0n) is 21.3. The minimum Gasteiger partial charge on any atom is -0.394 e. The molecule has 2 aliphatic rings. The molecule has 5 heterocycles. The number of hydrogen-bond acceptors (Lipinski definition) is 13. The third-order valence-electron chi connectivity index (χ3n) is 6.72. The van der Waals surface area contributed by atoms with E-state index in [1.54, 1.807) is 6.92 Å². The second-order valence-corrected chi connectivity index (χ2v) is 10.9. The number of aryl methyl sites for hydroxylation is 2. The van der Waals surface area contributed by atoms with Gasteiger partial charge in [0.05, 0.1) is 19.3 Å². The number of anilines is 1. The Hall–Kier alpha value is -3.22. The number of nitrogens with zero attached hydrogens (tertiary/aromatic N) is 4. The van der Waals surface area contributed by atoms with Crippen molar-refractivity contribution >= 4 is 24.9 Å². The highest BCUT2D eigenvalue weighted by Crippen LogP contribution is 2.49. The largest absolute Gasteiger partial charge is 0.472 e. The number of aromatic amines is 2. The lowest BCUT2D eigenvalue weighted by Gasteiger charge is -2.22. The van der Waals surface area contributed by atoms with Gasteiger partial charge in [-0.1, -0.05) is 0 Å². The predicted molar refractivity (Wildman–Crippen MR) is 134 cm³/mol. The fourth-order valence-electron chi connectivity index (χ4n) is 4.79. The zero-order valence-corrected chi connectivity index (χ0v) is 22.2. The normalized spacial score (nSPS) is 28.3. The summed E-state index contributed by atoms with van der Waals surface area (Å²) < 4.78 is 37.1. The van der Waals surface area contributed by atoms with Gasteiger partial charge in [0.15, 0.2) is 11.2 Å². The molecule has 0 spiro atoms. The van der Waals surface area contributed by atoms with Crippen LogP contribution in [0.3, 0.4) is 0 Å². The summed E-state index contributed by atoms with van der Waals surface area (Å²) >= 11 is 0. The number of aromatic nitrogens is 6. The molecular weight excluding hydrogens is 557 g/mol. The SMILES string of the molecule is Cc1cn([C@H]2C[C@H](OP(=O)(O)OC[C@H]3O[C@@H](n4c(C)nc5c(=O)[nH]c(N)nc54)C[C@@H]3O)[C@@H](CO)O2)c(=O)[nH]c1=O. The summed E-state index contributed by atoms with van der Waals surface area (Å²) in [5.41, 5.74) is 4.21. The van der Waals surface area contributed by atoms with Crippen LogP contribution >= 0.6 is 7.82 Å². The first kappa shape index (κ1) is 28.3. The molecule has 3 aromatic rings. The van der Waals surface area contributed by atoms with E-state index in [0.29, 0.717) is 5.82 Å². The number of nitrogens with one attached hydrogen (secondary N) is 2. The fraction of sp³-hybridized carbons (Fsp3) is 0.571. The van der Waals surface area contributed by atoms with Gasteiger partial charge in [-0.3, -0.25) is 37.7 Å². The summed E-state index contributed by atoms with van der Waals surface area (Å²) in [6, 6.07) is 0. The van der Waals surface area contributed by atoms with Crippen molar-refractivity contribution in [3.05, 3.63) is 48.8 Å². The lowest BCUT2D eigenvalue weighted by Crippen LogP contribution is -2.33. The molecule has 40 heavy (non-hydrogen) atoms. The molecule has 1 unspecified atom stereocenters. The van der Waals surface area contributed by atoms with Crippen LogP contribution in [-0.2, 0) is 23.1 Å². The number of nitrogens with two attached hydrogens (primary N) is 1. The minimum atomic E-state index is -4.78. The van der Waals surface area contributed by atoms with E-state index < -0.39 is 74.7 Å². The number of hydrogen-bond donors (Lipinski definition) is 6. The minimum absolute atomic E-state index is 0.0311. The fourth-order valence-corrected chi connectivity index (χ4v) is 5.75. The number of phosphoric acid groups is 1. The van der Waals surface area contributed by atoms with Crippen LogP contribution in [0.5, 0.6) is 0 Å². The summed E-state index contributed by atoms with van der Waals surface area (Å²) in [5.74, 6) is 0.242. The van der Waals surface area contributed by atoms with E-state index in [-0.39, 0.29) is 35.5 Å². The van der Waals surface area contributed by atoms with Crippen LogP contribution in [0.1, 0.15) is 36.7 Å². The van der Waals surface area contributed by atoms with E-state index in [9.17, 15) is 34.1 Å². The third kappa shape index (κ3) is 5.39. The van der Waals surface area contributed by atoms with Crippen LogP contribution in [0.15, 0.2) is 20.6 Å². The topological polar surface area (TPSA) is 259 Å². The van der Waals surface area contributed by atoms with E-state index >= 15 is 0 Å². The highest BCUT2D eigenvalue weighted by molar-refractivity contribution is 7.47. The Morgan fingerprint density at radius 3 is 2.58 bits per heavy atom. The number of rotatable bonds is 8. The van der Waals surface area contributed by atoms with Gasteiger partial charge in [0.2, 0.25) is 5.95 Å². The molecule has 0 saturated carbocycles. The van der Waals surface area contributed by atoms with Gasteiger partial charge in [-0.2, -0.15) is 4.98 Å². The monoisotopic (exact) mass is 585 g/mol. The molecule has 218 valence electrons. The maximum atomic E-state index is 12.8. The maximum absolute atomic E-state index is 12.8. The van der Waals surface area contributed by atoms with Gasteiger partial charge < -0.3 is 30.3 Å². The third-order valence-corrected chi connectivity index (χ3v) is 7.74. The second-order valence-electron chi connectivity index (χ2n) is 9.52. The Morgan fingerprint density at radius 1 is 1.12 bits per heavy atom. The van der Waals surface area contributed by atoms with E-state index in [4.69, 9.17) is 24.3 Å². The molecule has 3 aromatic heterocycles. The van der Waals surface area contributed by atoms with Gasteiger partial charge in [0.25, 0.3) is 11.1 Å². The van der Waals surface area contributed by atoms with Gasteiger partial charge in [-0.15, -0.1) is 0 Å². The molecule has 0 aliphatic carbocycles. The van der Waals surface area contributed by atoms with Crippen molar-refractivity contribution in [2.24, 2.45) is 0 Å². The van der Waals surface area contributed by atoms with E-state index in [0.717, 1.165) is 4.57 Å². The van der Waals surface area contributed by atoms with Crippen LogP contribution in [0, 0.1) is 13.8 Å². The van der Waals surface area contributed by atoms with Crippen LogP contribution in [-0.4, -0.2) is 81.8 Å². The van der Waals surface area contributed by atoms with Crippen LogP contribution < -0.4 is 22.5 Å². The molecule has 2 aliphatic heterocycles. The number of ether oxygens (including phenoxy) is 2. The molecule has 19 heteroatoms. The lowest BCUT2D eigenvalue weighted by molar-refractivity contribution is -0.0566. The molecule has 0 aromatic carbocycles. The lowest BCUT2D eigenvalue weighted by atomic mass is 10.2.